The van der Waals surface area contributed by atoms with Crippen molar-refractivity contribution >= 4 is 62.7 Å². The van der Waals surface area contributed by atoms with Crippen LogP contribution in [0, 0.1) is 0 Å². The number of fused-ring (bicyclic) bond motifs is 3. The predicted octanol–water partition coefficient (Wildman–Crippen LogP) is 6.07. The molecule has 0 saturated heterocycles. The van der Waals surface area contributed by atoms with Crippen LogP contribution in [-0.2, 0) is 43.2 Å². The monoisotopic (exact) mass is 648 g/mol. The van der Waals surface area contributed by atoms with Gasteiger partial charge in [-0.1, -0.05) is 66.7 Å². The first-order valence-electron chi connectivity index (χ1n) is 13.2. The Balaban J connectivity index is 1.49. The van der Waals surface area contributed by atoms with Crippen LogP contribution in [0.3, 0.4) is 0 Å². The Labute approximate surface area is 253 Å². The smallest absolute Gasteiger partial charge is 0.282 e. The molecule has 0 aliphatic carbocycles. The third-order valence-electron chi connectivity index (χ3n) is 7.71. The standard InChI is InChI=1S/C32H24O9S3/c33-42(34,35)26-11-13-29-21(4-2-6-23(29)17-26)15-25-8-7-24(30-14-12-28(19-32(25)30)44(39,40)41)16-22-5-1-3-20-9-10-27(18-31(20)22)43(36,37)38/h1-14,17-19H,15-16H2,(H,33,34,35)(H,36,37,38)(H,39,40,41). The van der Waals surface area contributed by atoms with Gasteiger partial charge in [-0.2, -0.15) is 25.3 Å². The zero-order chi connectivity index (χ0) is 31.4. The van der Waals surface area contributed by atoms with Crippen LogP contribution in [0.15, 0.2) is 118 Å². The van der Waals surface area contributed by atoms with E-state index in [1.165, 1.54) is 36.4 Å². The van der Waals surface area contributed by atoms with Gasteiger partial charge in [0, 0.05) is 0 Å². The van der Waals surface area contributed by atoms with Crippen molar-refractivity contribution in [3.63, 3.8) is 0 Å². The van der Waals surface area contributed by atoms with Gasteiger partial charge in [0.2, 0.25) is 0 Å². The third-order valence-corrected chi connectivity index (χ3v) is 10.3. The summed E-state index contributed by atoms with van der Waals surface area (Å²) in [5, 5.41) is 4.03. The van der Waals surface area contributed by atoms with Gasteiger partial charge >= 0.3 is 0 Å². The average Bonchev–Trinajstić information content (AvgIpc) is 2.96. The lowest BCUT2D eigenvalue weighted by Crippen LogP contribution is -2.01. The van der Waals surface area contributed by atoms with E-state index in [0.29, 0.717) is 34.4 Å². The van der Waals surface area contributed by atoms with E-state index >= 15 is 0 Å². The van der Waals surface area contributed by atoms with E-state index in [1.54, 1.807) is 30.3 Å². The van der Waals surface area contributed by atoms with E-state index in [9.17, 15) is 38.9 Å². The Kier molecular flexibility index (Phi) is 7.31. The maximum absolute atomic E-state index is 12.1. The minimum absolute atomic E-state index is 0.228. The van der Waals surface area contributed by atoms with Gasteiger partial charge in [0.15, 0.2) is 0 Å². The van der Waals surface area contributed by atoms with Gasteiger partial charge < -0.3 is 0 Å². The van der Waals surface area contributed by atoms with Crippen molar-refractivity contribution in [2.75, 3.05) is 0 Å². The van der Waals surface area contributed by atoms with Crippen LogP contribution in [-0.4, -0.2) is 38.9 Å². The molecule has 0 atom stereocenters. The van der Waals surface area contributed by atoms with Gasteiger partial charge in [0.25, 0.3) is 30.4 Å². The van der Waals surface area contributed by atoms with Crippen molar-refractivity contribution in [3.05, 3.63) is 125 Å². The molecule has 9 nitrogen and oxygen atoms in total. The van der Waals surface area contributed by atoms with Gasteiger partial charge in [-0.3, -0.25) is 13.7 Å². The van der Waals surface area contributed by atoms with Gasteiger partial charge in [-0.25, -0.2) is 0 Å². The topological polar surface area (TPSA) is 163 Å². The summed E-state index contributed by atoms with van der Waals surface area (Å²) in [6.45, 7) is 0. The zero-order valence-corrected chi connectivity index (χ0v) is 25.2. The molecule has 6 rings (SSSR count). The summed E-state index contributed by atoms with van der Waals surface area (Å²) in [5.74, 6) is 0. The normalized spacial score (nSPS) is 12.7. The fraction of sp³-hybridized carbons (Fsp3) is 0.0625. The first-order valence-corrected chi connectivity index (χ1v) is 17.5. The van der Waals surface area contributed by atoms with Gasteiger partial charge in [-0.05, 0) is 104 Å². The van der Waals surface area contributed by atoms with Crippen molar-refractivity contribution in [2.45, 2.75) is 27.5 Å². The molecule has 6 aromatic carbocycles. The van der Waals surface area contributed by atoms with E-state index in [0.717, 1.165) is 33.0 Å². The van der Waals surface area contributed by atoms with Crippen LogP contribution < -0.4 is 0 Å². The number of benzene rings is 6. The molecule has 0 aliphatic rings. The lowest BCUT2D eigenvalue weighted by atomic mass is 9.90. The van der Waals surface area contributed by atoms with E-state index in [1.807, 2.05) is 36.4 Å². The molecular weight excluding hydrogens is 625 g/mol. The van der Waals surface area contributed by atoms with Crippen molar-refractivity contribution in [1.29, 1.82) is 0 Å². The molecular formula is C32H24O9S3. The molecule has 0 saturated carbocycles. The Bertz CT molecular complexity index is 2470. The maximum Gasteiger partial charge on any atom is 0.294 e. The van der Waals surface area contributed by atoms with Gasteiger partial charge in [0.05, 0.1) is 14.7 Å². The van der Waals surface area contributed by atoms with E-state index in [2.05, 4.69) is 0 Å². The van der Waals surface area contributed by atoms with Crippen LogP contribution in [0.2, 0.25) is 0 Å². The van der Waals surface area contributed by atoms with E-state index < -0.39 is 30.4 Å². The summed E-state index contributed by atoms with van der Waals surface area (Å²) in [4.78, 5) is -0.733. The fourth-order valence-corrected chi connectivity index (χ4v) is 7.13. The largest absolute Gasteiger partial charge is 0.294 e. The predicted molar refractivity (Wildman–Crippen MR) is 167 cm³/mol. The van der Waals surface area contributed by atoms with Crippen LogP contribution in [0.1, 0.15) is 22.3 Å². The quantitative estimate of drug-likeness (QED) is 0.174. The lowest BCUT2D eigenvalue weighted by Gasteiger charge is -2.15. The molecule has 12 heteroatoms. The van der Waals surface area contributed by atoms with Crippen molar-refractivity contribution in [2.24, 2.45) is 0 Å². The van der Waals surface area contributed by atoms with E-state index in [4.69, 9.17) is 0 Å². The highest BCUT2D eigenvalue weighted by Gasteiger charge is 2.17. The molecule has 224 valence electrons. The highest BCUT2D eigenvalue weighted by molar-refractivity contribution is 7.86. The molecule has 0 amide bonds. The Hall–Kier alpha value is -4.17. The maximum atomic E-state index is 12.1. The van der Waals surface area contributed by atoms with Crippen LogP contribution in [0.25, 0.3) is 32.3 Å². The Morgan fingerprint density at radius 2 is 0.818 bits per heavy atom. The number of hydrogen-bond donors (Lipinski definition) is 3. The highest BCUT2D eigenvalue weighted by Crippen LogP contribution is 2.33. The second-order valence-corrected chi connectivity index (χ2v) is 14.7. The SMILES string of the molecule is O=S(=O)(O)c1ccc2c(Cc3ccc(Cc4cccc5ccc(S(=O)(=O)O)cc45)c4ccc(S(=O)(=O)O)cc34)cccc2c1. The minimum Gasteiger partial charge on any atom is -0.282 e. The molecule has 44 heavy (non-hydrogen) atoms. The summed E-state index contributed by atoms with van der Waals surface area (Å²) >= 11 is 0. The molecule has 3 N–H and O–H groups in total. The second kappa shape index (κ2) is 10.8. The molecule has 0 unspecified atom stereocenters. The first-order chi connectivity index (χ1) is 20.7. The molecule has 0 radical (unpaired) electrons. The first kappa shape index (κ1) is 29.9. The van der Waals surface area contributed by atoms with Crippen molar-refractivity contribution in [1.82, 2.24) is 0 Å². The number of hydrogen-bond acceptors (Lipinski definition) is 6. The Morgan fingerprint density at radius 1 is 0.386 bits per heavy atom. The zero-order valence-electron chi connectivity index (χ0n) is 22.7. The average molecular weight is 649 g/mol. The van der Waals surface area contributed by atoms with E-state index in [-0.39, 0.29) is 14.7 Å². The van der Waals surface area contributed by atoms with Gasteiger partial charge in [0.1, 0.15) is 0 Å². The lowest BCUT2D eigenvalue weighted by molar-refractivity contribution is 0.481. The summed E-state index contributed by atoms with van der Waals surface area (Å²) in [6.07, 6.45) is 0.682. The summed E-state index contributed by atoms with van der Waals surface area (Å²) in [7, 11) is -13.3. The molecule has 0 heterocycles. The summed E-state index contributed by atoms with van der Waals surface area (Å²) in [6, 6.07) is 27.6. The third kappa shape index (κ3) is 5.83. The fourth-order valence-electron chi connectivity index (χ4n) is 5.60. The second-order valence-electron chi connectivity index (χ2n) is 10.5. The van der Waals surface area contributed by atoms with Crippen LogP contribution in [0.4, 0.5) is 0 Å². The van der Waals surface area contributed by atoms with Crippen LogP contribution in [0.5, 0.6) is 0 Å². The molecule has 0 aliphatic heterocycles. The molecule has 0 spiro atoms. The minimum atomic E-state index is -4.52. The Morgan fingerprint density at radius 3 is 1.41 bits per heavy atom. The molecule has 0 bridgehead atoms. The number of rotatable bonds is 7. The summed E-state index contributed by atoms with van der Waals surface area (Å²) < 4.78 is 100.0. The van der Waals surface area contributed by atoms with Gasteiger partial charge in [-0.15, -0.1) is 0 Å². The molecule has 0 fully saturated rings. The van der Waals surface area contributed by atoms with Crippen LogP contribution >= 0.6 is 0 Å². The highest BCUT2D eigenvalue weighted by atomic mass is 32.2. The summed E-state index contributed by atoms with van der Waals surface area (Å²) in [5.41, 5.74) is 3.16. The van der Waals surface area contributed by atoms with Crippen molar-refractivity contribution < 1.29 is 38.9 Å². The van der Waals surface area contributed by atoms with Crippen molar-refractivity contribution in [3.8, 4) is 0 Å². The molecule has 0 aromatic heterocycles. The molecule has 6 aromatic rings.